The first-order valence-electron chi connectivity index (χ1n) is 21.5. The van der Waals surface area contributed by atoms with Crippen LogP contribution in [0.4, 0.5) is 24.5 Å². The van der Waals surface area contributed by atoms with Crippen LogP contribution in [0.5, 0.6) is 0 Å². The SMILES string of the molecule is O=C(NS(=O)(=O)c1ccc(N[C@H](CCN2CCOCC2)CSc2ccccc2)c(S(=O)(=O)C(F)(F)F)c1)c1ccc(N2CCN(CC3=C(c4ccc(Cl)cc4)CCCCC3)CC2)cc1. The van der Waals surface area contributed by atoms with Crippen LogP contribution in [0, 0.1) is 0 Å². The number of carbonyl (C=O) groups is 1. The number of hydrogen-bond acceptors (Lipinski definition) is 11. The van der Waals surface area contributed by atoms with Crippen LogP contribution >= 0.6 is 23.4 Å². The number of halogens is 4. The molecule has 0 spiro atoms. The summed E-state index contributed by atoms with van der Waals surface area (Å²) in [6, 6.07) is 25.8. The Bertz CT molecular complexity index is 2460. The van der Waals surface area contributed by atoms with Crippen LogP contribution in [0.3, 0.4) is 0 Å². The molecule has 0 saturated carbocycles. The van der Waals surface area contributed by atoms with E-state index in [1.165, 1.54) is 59.9 Å². The molecule has 0 radical (unpaired) electrons. The van der Waals surface area contributed by atoms with Gasteiger partial charge in [-0.3, -0.25) is 14.6 Å². The Morgan fingerprint density at radius 2 is 1.48 bits per heavy atom. The standard InChI is InChI=1S/C46H53ClF3N5O6S3/c47-37-15-11-34(12-16-37)42-10-6-1-3-7-36(42)32-54-23-25-55(26-24-54)39-17-13-35(14-18-39)45(56)52-64(59,60)41-19-20-43(44(31-41)63(57,58)46(48,49)50)51-38(21-22-53-27-29-61-30-28-53)33-62-40-8-4-2-5-9-40/h2,4-5,8-9,11-20,31,38,51H,1,3,6-7,10,21-30,32-33H2,(H,52,56)/t38-/m1/s1. The minimum Gasteiger partial charge on any atom is -0.380 e. The van der Waals surface area contributed by atoms with Crippen molar-refractivity contribution in [2.75, 3.05) is 81.5 Å². The van der Waals surface area contributed by atoms with E-state index >= 15 is 0 Å². The van der Waals surface area contributed by atoms with Gasteiger partial charge < -0.3 is 15.0 Å². The Morgan fingerprint density at radius 3 is 2.17 bits per heavy atom. The number of nitrogens with one attached hydrogen (secondary N) is 2. The van der Waals surface area contributed by atoms with Crippen molar-refractivity contribution < 1.29 is 39.5 Å². The van der Waals surface area contributed by atoms with Crippen molar-refractivity contribution in [2.24, 2.45) is 0 Å². The molecule has 4 aromatic rings. The lowest BCUT2D eigenvalue weighted by Crippen LogP contribution is -2.47. The molecule has 0 bridgehead atoms. The average molecular weight is 961 g/mol. The molecule has 18 heteroatoms. The number of sulfonamides is 1. The second kappa shape index (κ2) is 21.5. The summed E-state index contributed by atoms with van der Waals surface area (Å²) in [6.07, 6.45) is 6.11. The molecule has 64 heavy (non-hydrogen) atoms. The summed E-state index contributed by atoms with van der Waals surface area (Å²) in [5, 5.41) is 3.71. The minimum absolute atomic E-state index is 0.00133. The number of carbonyl (C=O) groups excluding carboxylic acids is 1. The number of morpholine rings is 1. The zero-order valence-corrected chi connectivity index (χ0v) is 38.6. The molecule has 1 atom stereocenters. The molecule has 2 saturated heterocycles. The van der Waals surface area contributed by atoms with E-state index in [-0.39, 0.29) is 5.56 Å². The smallest absolute Gasteiger partial charge is 0.380 e. The predicted molar refractivity (Wildman–Crippen MR) is 247 cm³/mol. The molecular formula is C46H53ClF3N5O6S3. The number of thioether (sulfide) groups is 1. The number of hydrogen-bond donors (Lipinski definition) is 2. The number of allylic oxidation sites excluding steroid dienone is 1. The van der Waals surface area contributed by atoms with Gasteiger partial charge in [0.25, 0.3) is 25.8 Å². The molecule has 1 aliphatic carbocycles. The molecule has 2 heterocycles. The van der Waals surface area contributed by atoms with Gasteiger partial charge in [0.05, 0.1) is 23.8 Å². The summed E-state index contributed by atoms with van der Waals surface area (Å²) in [7, 11) is -10.9. The van der Waals surface area contributed by atoms with Gasteiger partial charge in [0.2, 0.25) is 0 Å². The van der Waals surface area contributed by atoms with Crippen molar-refractivity contribution >= 4 is 66.1 Å². The van der Waals surface area contributed by atoms with Gasteiger partial charge in [-0.25, -0.2) is 21.6 Å². The van der Waals surface area contributed by atoms with Crippen molar-refractivity contribution in [1.29, 1.82) is 0 Å². The van der Waals surface area contributed by atoms with Gasteiger partial charge in [-0.15, -0.1) is 11.8 Å². The van der Waals surface area contributed by atoms with E-state index in [0.717, 1.165) is 73.3 Å². The summed E-state index contributed by atoms with van der Waals surface area (Å²) in [5.41, 5.74) is -1.16. The van der Waals surface area contributed by atoms with Crippen LogP contribution in [-0.4, -0.2) is 115 Å². The van der Waals surface area contributed by atoms with Crippen LogP contribution < -0.4 is 14.9 Å². The molecule has 4 aromatic carbocycles. The second-order valence-corrected chi connectivity index (χ2v) is 21.3. The van der Waals surface area contributed by atoms with E-state index in [1.807, 2.05) is 47.2 Å². The van der Waals surface area contributed by atoms with Crippen molar-refractivity contribution in [3.05, 3.63) is 119 Å². The molecule has 2 aliphatic heterocycles. The Balaban J connectivity index is 1.01. The fourth-order valence-electron chi connectivity index (χ4n) is 8.25. The first-order chi connectivity index (χ1) is 30.7. The summed E-state index contributed by atoms with van der Waals surface area (Å²) in [6.45, 7) is 7.08. The maximum absolute atomic E-state index is 14.2. The van der Waals surface area contributed by atoms with E-state index in [1.54, 1.807) is 12.1 Å². The molecule has 2 fully saturated rings. The third kappa shape index (κ3) is 12.4. The first kappa shape index (κ1) is 47.9. The summed E-state index contributed by atoms with van der Waals surface area (Å²) < 4.78 is 103. The topological polar surface area (TPSA) is 128 Å². The van der Waals surface area contributed by atoms with Crippen LogP contribution in [0.25, 0.3) is 5.57 Å². The van der Waals surface area contributed by atoms with Gasteiger partial charge >= 0.3 is 5.51 Å². The van der Waals surface area contributed by atoms with Gasteiger partial charge in [0.1, 0.15) is 4.90 Å². The van der Waals surface area contributed by atoms with Gasteiger partial charge in [0, 0.05) is 85.3 Å². The van der Waals surface area contributed by atoms with Gasteiger partial charge in [-0.05, 0) is 110 Å². The summed E-state index contributed by atoms with van der Waals surface area (Å²) in [4.78, 5) is 19.0. The van der Waals surface area contributed by atoms with E-state index in [9.17, 15) is 34.8 Å². The van der Waals surface area contributed by atoms with Crippen LogP contribution in [0.2, 0.25) is 5.02 Å². The lowest BCUT2D eigenvalue weighted by Gasteiger charge is -2.37. The van der Waals surface area contributed by atoms with Gasteiger partial charge in [0.15, 0.2) is 0 Å². The predicted octanol–water partition coefficient (Wildman–Crippen LogP) is 8.59. The third-order valence-corrected chi connectivity index (χ3v) is 16.1. The number of anilines is 2. The zero-order chi connectivity index (χ0) is 45.3. The normalized spacial score (nSPS) is 17.8. The van der Waals surface area contributed by atoms with Crippen molar-refractivity contribution in [3.8, 4) is 0 Å². The lowest BCUT2D eigenvalue weighted by molar-refractivity contribution is -0.0435. The highest BCUT2D eigenvalue weighted by atomic mass is 35.5. The number of benzene rings is 4. The van der Waals surface area contributed by atoms with Crippen LogP contribution in [-0.2, 0) is 24.6 Å². The summed E-state index contributed by atoms with van der Waals surface area (Å²) >= 11 is 7.62. The van der Waals surface area contributed by atoms with E-state index in [4.69, 9.17) is 16.3 Å². The maximum Gasteiger partial charge on any atom is 0.501 e. The lowest BCUT2D eigenvalue weighted by atomic mass is 9.95. The first-order valence-corrected chi connectivity index (χ1v) is 25.8. The molecule has 0 aromatic heterocycles. The molecule has 7 rings (SSSR count). The van der Waals surface area contributed by atoms with Crippen LogP contribution in [0.15, 0.2) is 117 Å². The Hall–Kier alpha value is -4.10. The number of nitrogens with zero attached hydrogens (tertiary/aromatic N) is 3. The number of ether oxygens (including phenoxy) is 1. The number of piperazine rings is 1. The Kier molecular flexibility index (Phi) is 16.1. The second-order valence-electron chi connectivity index (χ2n) is 16.2. The molecule has 3 aliphatic rings. The minimum atomic E-state index is -6.05. The van der Waals surface area contributed by atoms with Crippen LogP contribution in [0.1, 0.15) is 54.4 Å². The maximum atomic E-state index is 14.2. The summed E-state index contributed by atoms with van der Waals surface area (Å²) in [5.74, 6) is -0.649. The van der Waals surface area contributed by atoms with Crippen molar-refractivity contribution in [3.63, 3.8) is 0 Å². The fraction of sp³-hybridized carbons (Fsp3) is 0.413. The third-order valence-electron chi connectivity index (χ3n) is 11.8. The fourth-order valence-corrected chi connectivity index (χ4v) is 11.4. The number of rotatable bonds is 16. The Morgan fingerprint density at radius 1 is 0.797 bits per heavy atom. The molecule has 0 unspecified atom stereocenters. The Labute approximate surface area is 383 Å². The molecule has 1 amide bonds. The molecule has 2 N–H and O–H groups in total. The molecular weight excluding hydrogens is 907 g/mol. The number of alkyl halides is 3. The number of sulfone groups is 1. The van der Waals surface area contributed by atoms with Crippen molar-refractivity contribution in [2.45, 2.75) is 64.8 Å². The van der Waals surface area contributed by atoms with E-state index in [2.05, 4.69) is 32.1 Å². The van der Waals surface area contributed by atoms with Gasteiger partial charge in [-0.2, -0.15) is 13.2 Å². The highest BCUT2D eigenvalue weighted by molar-refractivity contribution is 7.99. The number of amides is 1. The van der Waals surface area contributed by atoms with E-state index in [0.29, 0.717) is 51.1 Å². The average Bonchev–Trinajstić information content (AvgIpc) is 3.53. The van der Waals surface area contributed by atoms with E-state index < -0.39 is 52.8 Å². The monoisotopic (exact) mass is 959 g/mol. The largest absolute Gasteiger partial charge is 0.501 e. The highest BCUT2D eigenvalue weighted by Crippen LogP contribution is 2.37. The zero-order valence-electron chi connectivity index (χ0n) is 35.4. The van der Waals surface area contributed by atoms with Crippen molar-refractivity contribution in [1.82, 2.24) is 14.5 Å². The molecule has 344 valence electrons. The quantitative estimate of drug-likeness (QED) is 0.105. The molecule has 11 nitrogen and oxygen atoms in total. The highest BCUT2D eigenvalue weighted by Gasteiger charge is 2.48. The van der Waals surface area contributed by atoms with Gasteiger partial charge in [-0.1, -0.05) is 53.9 Å².